The minimum absolute atomic E-state index is 0.0402. The van der Waals surface area contributed by atoms with Crippen LogP contribution < -0.4 is 5.32 Å². The Morgan fingerprint density at radius 2 is 1.42 bits per heavy atom. The molecule has 1 N–H and O–H groups in total. The second kappa shape index (κ2) is 12.0. The van der Waals surface area contributed by atoms with E-state index in [1.807, 2.05) is 48.5 Å². The molecule has 1 aliphatic heterocycles. The van der Waals surface area contributed by atoms with Crippen LogP contribution in [0.25, 0.3) is 0 Å². The summed E-state index contributed by atoms with van der Waals surface area (Å²) in [6.45, 7) is 3.64. The van der Waals surface area contributed by atoms with E-state index in [2.05, 4.69) is 22.3 Å². The molecule has 1 amide bonds. The SMILES string of the molecule is O=C(CCCc1ccccc1)NCCS(=O)(=O)N1CCN(CCc2ccccc2)CC1. The fraction of sp³-hybridized carbons (Fsp3) is 0.458. The van der Waals surface area contributed by atoms with Gasteiger partial charge in [-0.05, 0) is 30.4 Å². The van der Waals surface area contributed by atoms with Gasteiger partial charge in [0.15, 0.2) is 0 Å². The lowest BCUT2D eigenvalue weighted by Gasteiger charge is -2.34. The molecule has 2 aromatic rings. The Kier molecular flexibility index (Phi) is 9.06. The van der Waals surface area contributed by atoms with Crippen LogP contribution in [0.15, 0.2) is 60.7 Å². The predicted octanol–water partition coefficient (Wildman–Crippen LogP) is 2.32. The van der Waals surface area contributed by atoms with E-state index in [0.29, 0.717) is 19.5 Å². The van der Waals surface area contributed by atoms with Gasteiger partial charge >= 0.3 is 0 Å². The van der Waals surface area contributed by atoms with Gasteiger partial charge in [-0.3, -0.25) is 4.79 Å². The average Bonchev–Trinajstić information content (AvgIpc) is 2.79. The molecule has 1 fully saturated rings. The van der Waals surface area contributed by atoms with Crippen LogP contribution in [0.5, 0.6) is 0 Å². The van der Waals surface area contributed by atoms with Crippen LogP contribution in [-0.2, 0) is 27.7 Å². The highest BCUT2D eigenvalue weighted by molar-refractivity contribution is 7.89. The Morgan fingerprint density at radius 3 is 2.03 bits per heavy atom. The van der Waals surface area contributed by atoms with E-state index in [9.17, 15) is 13.2 Å². The van der Waals surface area contributed by atoms with E-state index in [1.165, 1.54) is 11.1 Å². The number of hydrogen-bond donors (Lipinski definition) is 1. The van der Waals surface area contributed by atoms with Crippen LogP contribution in [0.2, 0.25) is 0 Å². The van der Waals surface area contributed by atoms with Crippen molar-refractivity contribution in [1.29, 1.82) is 0 Å². The number of nitrogens with zero attached hydrogens (tertiary/aromatic N) is 2. The number of nitrogens with one attached hydrogen (secondary N) is 1. The molecule has 168 valence electrons. The van der Waals surface area contributed by atoms with Gasteiger partial charge < -0.3 is 10.2 Å². The van der Waals surface area contributed by atoms with Crippen LogP contribution in [-0.4, -0.2) is 68.6 Å². The van der Waals surface area contributed by atoms with Gasteiger partial charge in [0.1, 0.15) is 0 Å². The van der Waals surface area contributed by atoms with Crippen LogP contribution in [0.3, 0.4) is 0 Å². The Bertz CT molecular complexity index is 896. The summed E-state index contributed by atoms with van der Waals surface area (Å²) < 4.78 is 26.8. The molecule has 7 heteroatoms. The fourth-order valence-corrected chi connectivity index (χ4v) is 5.14. The predicted molar refractivity (Wildman–Crippen MR) is 124 cm³/mol. The number of piperazine rings is 1. The highest BCUT2D eigenvalue weighted by atomic mass is 32.2. The molecule has 1 heterocycles. The van der Waals surface area contributed by atoms with E-state index >= 15 is 0 Å². The third-order valence-electron chi connectivity index (χ3n) is 5.68. The number of aryl methyl sites for hydroxylation is 1. The summed E-state index contributed by atoms with van der Waals surface area (Å²) in [7, 11) is -3.34. The van der Waals surface area contributed by atoms with Crippen molar-refractivity contribution in [2.45, 2.75) is 25.7 Å². The van der Waals surface area contributed by atoms with Crippen LogP contribution in [0.4, 0.5) is 0 Å². The number of benzene rings is 2. The van der Waals surface area contributed by atoms with E-state index in [0.717, 1.165) is 38.9 Å². The highest BCUT2D eigenvalue weighted by Gasteiger charge is 2.26. The van der Waals surface area contributed by atoms with Gasteiger partial charge in [0.05, 0.1) is 5.75 Å². The topological polar surface area (TPSA) is 69.7 Å². The van der Waals surface area contributed by atoms with Crippen molar-refractivity contribution in [3.05, 3.63) is 71.8 Å². The van der Waals surface area contributed by atoms with Crippen molar-refractivity contribution in [2.75, 3.05) is 45.0 Å². The number of rotatable bonds is 11. The maximum Gasteiger partial charge on any atom is 0.220 e. The van der Waals surface area contributed by atoms with Crippen molar-refractivity contribution in [2.24, 2.45) is 0 Å². The molecule has 0 spiro atoms. The van der Waals surface area contributed by atoms with Gasteiger partial charge in [-0.2, -0.15) is 4.31 Å². The number of sulfonamides is 1. The highest BCUT2D eigenvalue weighted by Crippen LogP contribution is 2.10. The first-order valence-electron chi connectivity index (χ1n) is 11.1. The molecule has 31 heavy (non-hydrogen) atoms. The largest absolute Gasteiger partial charge is 0.355 e. The smallest absolute Gasteiger partial charge is 0.220 e. The molecule has 0 saturated carbocycles. The summed E-state index contributed by atoms with van der Waals surface area (Å²) in [6.07, 6.45) is 2.99. The van der Waals surface area contributed by atoms with Gasteiger partial charge in [-0.1, -0.05) is 60.7 Å². The van der Waals surface area contributed by atoms with Gasteiger partial charge in [-0.25, -0.2) is 8.42 Å². The molecule has 0 atom stereocenters. The summed E-state index contributed by atoms with van der Waals surface area (Å²) in [5.74, 6) is -0.126. The Hall–Kier alpha value is -2.22. The Balaban J connectivity index is 1.30. The number of carbonyl (C=O) groups excluding carboxylic acids is 1. The van der Waals surface area contributed by atoms with E-state index in [1.54, 1.807) is 4.31 Å². The summed E-state index contributed by atoms with van der Waals surface area (Å²) in [6, 6.07) is 20.4. The molecule has 0 radical (unpaired) electrons. The molecule has 6 nitrogen and oxygen atoms in total. The fourth-order valence-electron chi connectivity index (χ4n) is 3.80. The summed E-state index contributed by atoms with van der Waals surface area (Å²) in [4.78, 5) is 14.3. The number of hydrogen-bond acceptors (Lipinski definition) is 4. The van der Waals surface area contributed by atoms with E-state index in [4.69, 9.17) is 0 Å². The lowest BCUT2D eigenvalue weighted by atomic mass is 10.1. The van der Waals surface area contributed by atoms with Crippen molar-refractivity contribution in [3.8, 4) is 0 Å². The Labute approximate surface area is 186 Å². The quantitative estimate of drug-likeness (QED) is 0.579. The average molecular weight is 444 g/mol. The van der Waals surface area contributed by atoms with Gasteiger partial charge in [0.2, 0.25) is 15.9 Å². The minimum atomic E-state index is -3.34. The molecule has 0 aliphatic carbocycles. The second-order valence-corrected chi connectivity index (χ2v) is 10.1. The number of amides is 1. The Morgan fingerprint density at radius 1 is 0.839 bits per heavy atom. The summed E-state index contributed by atoms with van der Waals surface area (Å²) >= 11 is 0. The second-order valence-electron chi connectivity index (χ2n) is 7.98. The maximum absolute atomic E-state index is 12.6. The third-order valence-corrected chi connectivity index (χ3v) is 7.55. The first-order chi connectivity index (χ1) is 15.0. The molecule has 2 aromatic carbocycles. The molecule has 1 aliphatic rings. The molecule has 0 bridgehead atoms. The van der Waals surface area contributed by atoms with E-state index < -0.39 is 10.0 Å². The van der Waals surface area contributed by atoms with E-state index in [-0.39, 0.29) is 18.2 Å². The zero-order chi connectivity index (χ0) is 21.9. The first kappa shape index (κ1) is 23.4. The van der Waals surface area contributed by atoms with Crippen molar-refractivity contribution in [3.63, 3.8) is 0 Å². The molecule has 1 saturated heterocycles. The maximum atomic E-state index is 12.6. The monoisotopic (exact) mass is 443 g/mol. The lowest BCUT2D eigenvalue weighted by Crippen LogP contribution is -2.50. The lowest BCUT2D eigenvalue weighted by molar-refractivity contribution is -0.121. The molecular formula is C24H33N3O3S. The molecule has 3 rings (SSSR count). The van der Waals surface area contributed by atoms with Crippen LogP contribution in [0.1, 0.15) is 24.0 Å². The molecule has 0 aromatic heterocycles. The van der Waals surface area contributed by atoms with Gasteiger partial charge in [-0.15, -0.1) is 0 Å². The van der Waals surface area contributed by atoms with Gasteiger partial charge in [0, 0.05) is 45.7 Å². The number of carbonyl (C=O) groups is 1. The first-order valence-corrected chi connectivity index (χ1v) is 12.7. The normalized spacial score (nSPS) is 15.6. The van der Waals surface area contributed by atoms with Crippen LogP contribution in [0, 0.1) is 0 Å². The van der Waals surface area contributed by atoms with Gasteiger partial charge in [0.25, 0.3) is 0 Å². The van der Waals surface area contributed by atoms with Crippen molar-refractivity contribution >= 4 is 15.9 Å². The summed E-state index contributed by atoms with van der Waals surface area (Å²) in [5.41, 5.74) is 2.51. The third kappa shape index (κ3) is 8.09. The van der Waals surface area contributed by atoms with Crippen LogP contribution >= 0.6 is 0 Å². The standard InChI is InChI=1S/C24H33N3O3S/c28-24(13-7-12-22-8-3-1-4-9-22)25-15-21-31(29,30)27-19-17-26(18-20-27)16-14-23-10-5-2-6-11-23/h1-6,8-11H,7,12-21H2,(H,25,28). The molecular weight excluding hydrogens is 410 g/mol. The zero-order valence-electron chi connectivity index (χ0n) is 18.1. The van der Waals surface area contributed by atoms with Crippen molar-refractivity contribution in [1.82, 2.24) is 14.5 Å². The summed E-state index contributed by atoms with van der Waals surface area (Å²) in [5, 5.41) is 2.76. The van der Waals surface area contributed by atoms with Crippen molar-refractivity contribution < 1.29 is 13.2 Å². The zero-order valence-corrected chi connectivity index (χ0v) is 18.9. The molecule has 0 unspecified atom stereocenters. The minimum Gasteiger partial charge on any atom is -0.355 e.